The van der Waals surface area contributed by atoms with Crippen LogP contribution in [-0.2, 0) is 28.1 Å². The van der Waals surface area contributed by atoms with Gasteiger partial charge in [0.1, 0.15) is 11.4 Å². The quantitative estimate of drug-likeness (QED) is 0.268. The third-order valence-corrected chi connectivity index (χ3v) is 4.72. The molecule has 0 amide bonds. The number of hydrogen-bond donors (Lipinski definition) is 1. The minimum atomic E-state index is 0. The van der Waals surface area contributed by atoms with Crippen LogP contribution in [0.2, 0.25) is 0 Å². The van der Waals surface area contributed by atoms with E-state index in [1.165, 1.54) is 0 Å². The number of phenols is 1. The first-order chi connectivity index (χ1) is 13.7. The molecule has 5 nitrogen and oxygen atoms in total. The Hall–Kier alpha value is -3.17. The van der Waals surface area contributed by atoms with E-state index >= 15 is 0 Å². The summed E-state index contributed by atoms with van der Waals surface area (Å²) < 4.78 is 7.58. The first-order valence-corrected chi connectivity index (χ1v) is 8.93. The van der Waals surface area contributed by atoms with Gasteiger partial charge in [-0.2, -0.15) is 24.3 Å². The van der Waals surface area contributed by atoms with Crippen LogP contribution in [0.5, 0.6) is 5.75 Å². The van der Waals surface area contributed by atoms with Crippen LogP contribution in [0.1, 0.15) is 0 Å². The smallest absolute Gasteiger partial charge is 0.267 e. The molecule has 29 heavy (non-hydrogen) atoms. The van der Waals surface area contributed by atoms with Crippen LogP contribution in [0.25, 0.3) is 28.1 Å². The molecule has 0 fully saturated rings. The number of para-hydroxylation sites is 4. The molecule has 3 aromatic carbocycles. The van der Waals surface area contributed by atoms with Gasteiger partial charge in [0, 0.05) is 33.5 Å². The number of aromatic hydroxyl groups is 1. The van der Waals surface area contributed by atoms with Crippen LogP contribution in [0.4, 0.5) is 0 Å². The molecule has 0 aliphatic rings. The molecule has 0 unspecified atom stereocenters. The fourth-order valence-electron chi connectivity index (χ4n) is 3.35. The predicted molar refractivity (Wildman–Crippen MR) is 103 cm³/mol. The van der Waals surface area contributed by atoms with E-state index in [4.69, 9.17) is 0 Å². The number of benzene rings is 3. The Morgan fingerprint density at radius 2 is 1.62 bits per heavy atom. The summed E-state index contributed by atoms with van der Waals surface area (Å²) in [4.78, 5) is 0. The van der Waals surface area contributed by atoms with Gasteiger partial charge in [0.25, 0.3) is 6.33 Å². The first kappa shape index (κ1) is 19.2. The zero-order chi connectivity index (χ0) is 19.1. The van der Waals surface area contributed by atoms with Crippen molar-refractivity contribution < 1.29 is 35.3 Å². The maximum atomic E-state index is 10.1. The van der Waals surface area contributed by atoms with Crippen LogP contribution in [0.3, 0.4) is 0 Å². The van der Waals surface area contributed by atoms with E-state index in [-0.39, 0.29) is 26.8 Å². The Morgan fingerprint density at radius 3 is 2.48 bits per heavy atom. The number of aromatic nitrogens is 4. The van der Waals surface area contributed by atoms with Crippen LogP contribution in [-0.4, -0.2) is 14.2 Å². The van der Waals surface area contributed by atoms with E-state index in [2.05, 4.69) is 30.9 Å². The number of fused-ring (bicyclic) bond motifs is 1. The second kappa shape index (κ2) is 7.69. The van der Waals surface area contributed by atoms with Gasteiger partial charge >= 0.3 is 0 Å². The molecule has 5 aromatic rings. The molecule has 5 rings (SSSR count). The van der Waals surface area contributed by atoms with Crippen molar-refractivity contribution in [2.24, 2.45) is 7.05 Å². The molecular formula is C23H17N4OPt-. The normalized spacial score (nSPS) is 10.8. The molecule has 0 spiro atoms. The number of aryl methyl sites for hydroxylation is 1. The molecule has 6 heteroatoms. The van der Waals surface area contributed by atoms with Crippen LogP contribution in [0.15, 0.2) is 79.1 Å². The molecule has 0 saturated heterocycles. The molecule has 0 saturated carbocycles. The van der Waals surface area contributed by atoms with E-state index in [0.29, 0.717) is 5.69 Å². The molecule has 0 aliphatic carbocycles. The molecule has 1 N–H and O–H groups in total. The van der Waals surface area contributed by atoms with Crippen molar-refractivity contribution in [1.29, 1.82) is 0 Å². The van der Waals surface area contributed by atoms with Crippen molar-refractivity contribution in [3.05, 3.63) is 97.8 Å². The summed E-state index contributed by atoms with van der Waals surface area (Å²) in [5.41, 5.74) is 4.59. The first-order valence-electron chi connectivity index (χ1n) is 8.93. The van der Waals surface area contributed by atoms with E-state index in [9.17, 15) is 5.11 Å². The van der Waals surface area contributed by atoms with Crippen molar-refractivity contribution in [3.63, 3.8) is 0 Å². The monoisotopic (exact) mass is 560 g/mol. The number of hydrogen-bond acceptors (Lipinski definition) is 1. The third kappa shape index (κ3) is 3.38. The summed E-state index contributed by atoms with van der Waals surface area (Å²) in [6.07, 6.45) is 10.3. The van der Waals surface area contributed by atoms with Gasteiger partial charge < -0.3 is 18.8 Å². The van der Waals surface area contributed by atoms with E-state index < -0.39 is 0 Å². The summed E-state index contributed by atoms with van der Waals surface area (Å²) in [5.74, 6) is 0.208. The zero-order valence-electron chi connectivity index (χ0n) is 15.6. The average Bonchev–Trinajstić information content (AvgIpc) is 3.34. The van der Waals surface area contributed by atoms with E-state index in [0.717, 1.165) is 22.4 Å². The van der Waals surface area contributed by atoms with Crippen molar-refractivity contribution in [2.75, 3.05) is 0 Å². The Bertz CT molecular complexity index is 1310. The van der Waals surface area contributed by atoms with Crippen molar-refractivity contribution in [1.82, 2.24) is 9.13 Å². The summed E-state index contributed by atoms with van der Waals surface area (Å²) >= 11 is 0. The van der Waals surface area contributed by atoms with Gasteiger partial charge in [-0.3, -0.25) is 4.57 Å². The van der Waals surface area contributed by atoms with Crippen molar-refractivity contribution >= 4 is 11.0 Å². The molecule has 0 aliphatic heterocycles. The number of rotatable bonds is 3. The maximum absolute atomic E-state index is 10.1. The summed E-state index contributed by atoms with van der Waals surface area (Å²) in [7, 11) is 1.98. The van der Waals surface area contributed by atoms with Gasteiger partial charge in [0.05, 0.1) is 18.1 Å². The van der Waals surface area contributed by atoms with E-state index in [1.54, 1.807) is 16.7 Å². The average molecular weight is 560 g/mol. The van der Waals surface area contributed by atoms with E-state index in [1.807, 2.05) is 75.6 Å². The van der Waals surface area contributed by atoms with Gasteiger partial charge in [-0.25, -0.2) is 0 Å². The standard InChI is InChI=1S/C23H17N4O.Pt/c1-24-16-27(21-10-3-2-9-20(21)24)19-8-6-7-18(15-19)25-13-14-26(17-25)22-11-4-5-12-23(22)28;/h2-14,28H,1H3;/q-1;. The van der Waals surface area contributed by atoms with Gasteiger partial charge in [-0.1, -0.05) is 47.8 Å². The summed E-state index contributed by atoms with van der Waals surface area (Å²) in [6, 6.07) is 24.8. The van der Waals surface area contributed by atoms with Crippen molar-refractivity contribution in [2.45, 2.75) is 0 Å². The number of nitrogens with zero attached hydrogens (tertiary/aromatic N) is 4. The van der Waals surface area contributed by atoms with Crippen LogP contribution < -0.4 is 9.13 Å². The SMILES string of the molecule is C[n+]1[c-]n(-c2[c-]c(-n3[c-][n+](-c4ccccc4O)cc3)ccc2)c2ccccc21.[Pt]. The zero-order valence-corrected chi connectivity index (χ0v) is 17.8. The second-order valence-electron chi connectivity index (χ2n) is 6.53. The molecule has 0 radical (unpaired) electrons. The number of imidazole rings is 2. The largest absolute Gasteiger partial charge is 0.511 e. The topological polar surface area (TPSA) is 37.8 Å². The summed E-state index contributed by atoms with van der Waals surface area (Å²) in [5, 5.41) is 10.1. The molecule has 2 aromatic heterocycles. The number of phenolic OH excluding ortho intramolecular Hbond substituents is 1. The molecule has 0 bridgehead atoms. The minimum absolute atomic E-state index is 0. The fraction of sp³-hybridized carbons (Fsp3) is 0.0435. The van der Waals surface area contributed by atoms with Crippen LogP contribution >= 0.6 is 0 Å². The maximum Gasteiger partial charge on any atom is 0.267 e. The van der Waals surface area contributed by atoms with Crippen molar-refractivity contribution in [3.8, 4) is 22.8 Å². The third-order valence-electron chi connectivity index (χ3n) is 4.72. The van der Waals surface area contributed by atoms with Gasteiger partial charge in [0.15, 0.2) is 0 Å². The van der Waals surface area contributed by atoms with Crippen LogP contribution in [0, 0.1) is 18.7 Å². The minimum Gasteiger partial charge on any atom is -0.511 e. The predicted octanol–water partition coefficient (Wildman–Crippen LogP) is 2.63. The Balaban J connectivity index is 0.00000205. The second-order valence-corrected chi connectivity index (χ2v) is 6.53. The molecule has 2 heterocycles. The van der Waals surface area contributed by atoms with Gasteiger partial charge in [0.2, 0.25) is 6.33 Å². The van der Waals surface area contributed by atoms with Gasteiger partial charge in [-0.05, 0) is 12.1 Å². The molecule has 146 valence electrons. The Kier molecular flexibility index (Phi) is 5.08. The Labute approximate surface area is 183 Å². The fourth-order valence-corrected chi connectivity index (χ4v) is 3.35. The Morgan fingerprint density at radius 1 is 0.862 bits per heavy atom. The molecule has 0 atom stereocenters. The van der Waals surface area contributed by atoms with Gasteiger partial charge in [-0.15, -0.1) is 0 Å². The summed E-state index contributed by atoms with van der Waals surface area (Å²) in [6.45, 7) is 0. The molecular weight excluding hydrogens is 543 g/mol.